The van der Waals surface area contributed by atoms with Gasteiger partial charge in [0, 0.05) is 25.2 Å². The second kappa shape index (κ2) is 15.8. The Morgan fingerprint density at radius 3 is 2.45 bits per heavy atom. The molecule has 1 N–H and O–H groups in total. The molecule has 40 heavy (non-hydrogen) atoms. The number of nitriles is 1. The van der Waals surface area contributed by atoms with Crippen LogP contribution in [0.2, 0.25) is 0 Å². The quantitative estimate of drug-likeness (QED) is 0.0855. The Balaban J connectivity index is 1.77. The van der Waals surface area contributed by atoms with Crippen molar-refractivity contribution in [3.63, 3.8) is 0 Å². The van der Waals surface area contributed by atoms with Gasteiger partial charge in [0.05, 0.1) is 70.6 Å². The zero-order chi connectivity index (χ0) is 29.8. The van der Waals surface area contributed by atoms with Gasteiger partial charge in [0.2, 0.25) is 5.00 Å². The van der Waals surface area contributed by atoms with Gasteiger partial charge in [0.25, 0.3) is 10.1 Å². The van der Waals surface area contributed by atoms with Gasteiger partial charge in [0.1, 0.15) is 17.6 Å². The van der Waals surface area contributed by atoms with Gasteiger partial charge < -0.3 is 18.9 Å². The summed E-state index contributed by atoms with van der Waals surface area (Å²) in [5, 5.41) is 18.9. The van der Waals surface area contributed by atoms with E-state index in [1.165, 1.54) is 11.3 Å². The van der Waals surface area contributed by atoms with Crippen LogP contribution in [-0.4, -0.2) is 89.9 Å². The minimum absolute atomic E-state index is 0.224. The fourth-order valence-electron chi connectivity index (χ4n) is 3.91. The molecule has 0 spiro atoms. The lowest BCUT2D eigenvalue weighted by Crippen LogP contribution is -2.43. The summed E-state index contributed by atoms with van der Waals surface area (Å²) in [5.74, 6) is -0.224. The number of aryl methyl sites for hydroxylation is 1. The number of nitrogens with zero attached hydrogens (tertiary/aromatic N) is 6. The maximum atomic E-state index is 10.9. The Hall–Kier alpha value is -2.91. The molecule has 0 atom stereocenters. The maximum absolute atomic E-state index is 10.9. The number of likely N-dealkylation sites (N-methyl/N-ethyl adjacent to an activating group) is 2. The summed E-state index contributed by atoms with van der Waals surface area (Å²) in [6.07, 6.45) is 0.401. The van der Waals surface area contributed by atoms with E-state index in [9.17, 15) is 13.7 Å². The molecule has 0 fully saturated rings. The molecule has 0 aliphatic heterocycles. The van der Waals surface area contributed by atoms with E-state index in [-0.39, 0.29) is 5.75 Å². The average Bonchev–Trinajstić information content (AvgIpc) is 3.20. The van der Waals surface area contributed by atoms with Crippen LogP contribution in [0.25, 0.3) is 4.85 Å². The summed E-state index contributed by atoms with van der Waals surface area (Å²) < 4.78 is 42.6. The van der Waals surface area contributed by atoms with Gasteiger partial charge in [-0.25, -0.2) is 4.85 Å². The van der Waals surface area contributed by atoms with Gasteiger partial charge in [-0.2, -0.15) is 13.7 Å². The van der Waals surface area contributed by atoms with E-state index < -0.39 is 10.1 Å². The highest BCUT2D eigenvalue weighted by Crippen LogP contribution is 2.41. The summed E-state index contributed by atoms with van der Waals surface area (Å²) in [6.45, 7) is 18.0. The zero-order valence-electron chi connectivity index (χ0n) is 23.9. The van der Waals surface area contributed by atoms with Crippen molar-refractivity contribution in [2.75, 3.05) is 77.4 Å². The Bertz CT molecular complexity index is 1340. The van der Waals surface area contributed by atoms with Crippen molar-refractivity contribution in [1.29, 1.82) is 5.26 Å². The number of hydrogen-bond acceptors (Lipinski definition) is 9. The minimum Gasteiger partial charge on any atom is -0.377 e. The molecule has 1 heterocycles. The number of rotatable bonds is 17. The van der Waals surface area contributed by atoms with Crippen LogP contribution in [0.5, 0.6) is 0 Å². The van der Waals surface area contributed by atoms with E-state index in [1.807, 2.05) is 39.2 Å². The second-order valence-electron chi connectivity index (χ2n) is 9.93. The Kier molecular flexibility index (Phi) is 13.1. The third-order valence-corrected chi connectivity index (χ3v) is 8.25. The highest BCUT2D eigenvalue weighted by atomic mass is 32.2. The summed E-state index contributed by atoms with van der Waals surface area (Å²) in [7, 11) is 0.0877. The first kappa shape index (κ1) is 33.3. The molecule has 13 heteroatoms. The van der Waals surface area contributed by atoms with Crippen LogP contribution in [0.3, 0.4) is 0 Å². The third-order valence-electron chi connectivity index (χ3n) is 6.38. The van der Waals surface area contributed by atoms with E-state index in [4.69, 9.17) is 20.6 Å². The minimum atomic E-state index is -3.92. The lowest BCUT2D eigenvalue weighted by atomic mass is 10.1. The highest BCUT2D eigenvalue weighted by Gasteiger charge is 2.17. The molecule has 0 saturated carbocycles. The first-order chi connectivity index (χ1) is 18.9. The molecule has 218 valence electrons. The molecule has 2 aromatic rings. The zero-order valence-corrected chi connectivity index (χ0v) is 25.5. The summed E-state index contributed by atoms with van der Waals surface area (Å²) in [6, 6.07) is 8.05. The molecule has 0 saturated heterocycles. The smallest absolute Gasteiger partial charge is 0.265 e. The van der Waals surface area contributed by atoms with Crippen molar-refractivity contribution in [2.24, 2.45) is 10.2 Å². The monoisotopic (exact) mass is 591 g/mol. The van der Waals surface area contributed by atoms with E-state index >= 15 is 0 Å². The molecule has 0 aliphatic carbocycles. The average molecular weight is 592 g/mol. The Labute approximate surface area is 241 Å². The topological polar surface area (TPSA) is 129 Å². The molecular formula is C27H39N6O5S2+. The lowest BCUT2D eigenvalue weighted by Gasteiger charge is -2.29. The van der Waals surface area contributed by atoms with E-state index in [0.29, 0.717) is 77.2 Å². The molecule has 0 amide bonds. The molecular weight excluding hydrogens is 552 g/mol. The molecule has 1 aromatic carbocycles. The number of quaternary nitrogens is 1. The van der Waals surface area contributed by atoms with E-state index in [0.717, 1.165) is 24.3 Å². The molecule has 2 rings (SSSR count). The molecule has 11 nitrogen and oxygen atoms in total. The van der Waals surface area contributed by atoms with E-state index in [2.05, 4.69) is 33.0 Å². The predicted molar refractivity (Wildman–Crippen MR) is 158 cm³/mol. The Morgan fingerprint density at radius 1 is 1.15 bits per heavy atom. The lowest BCUT2D eigenvalue weighted by molar-refractivity contribution is -0.890. The molecule has 0 radical (unpaired) electrons. The van der Waals surface area contributed by atoms with Crippen LogP contribution in [0, 0.1) is 31.8 Å². The number of thiophene rings is 1. The van der Waals surface area contributed by atoms with Gasteiger partial charge >= 0.3 is 0 Å². The van der Waals surface area contributed by atoms with Crippen LogP contribution >= 0.6 is 11.3 Å². The van der Waals surface area contributed by atoms with Crippen LogP contribution in [0.1, 0.15) is 30.0 Å². The van der Waals surface area contributed by atoms with Crippen LogP contribution in [0.4, 0.5) is 21.4 Å². The SMILES string of the molecule is [C-]#[N+]c1sc(N=Nc2ccc(N(CC)CCOCCOCC[N+](C)(C)CCCS(=O)(=O)O)cc2C)c(C#N)c1C. The van der Waals surface area contributed by atoms with E-state index in [1.54, 1.807) is 6.92 Å². The number of anilines is 1. The normalized spacial score (nSPS) is 12.0. The highest BCUT2D eigenvalue weighted by molar-refractivity contribution is 7.85. The summed E-state index contributed by atoms with van der Waals surface area (Å²) in [5.41, 5.74) is 3.74. The first-order valence-electron chi connectivity index (χ1n) is 13.0. The standard InChI is InChI=1S/C27H38N6O5S2/c1-7-32(11-14-37-16-17-38-15-13-33(5,6)12-8-18-40(34,35)36)23-9-10-25(21(2)19-23)30-31-27-24(20-28)22(3)26(29-4)39-27/h9-10,19H,7-8,11-18H2,1-3,5-6H3/p+1. The van der Waals surface area contributed by atoms with Crippen molar-refractivity contribution in [1.82, 2.24) is 0 Å². The van der Waals surface area contributed by atoms with Gasteiger partial charge in [-0.3, -0.25) is 4.55 Å². The van der Waals surface area contributed by atoms with Gasteiger partial charge in [-0.15, -0.1) is 21.6 Å². The van der Waals surface area contributed by atoms with Crippen molar-refractivity contribution >= 4 is 42.8 Å². The fraction of sp³-hybridized carbons (Fsp3) is 0.556. The fourth-order valence-corrected chi connectivity index (χ4v) is 5.27. The van der Waals surface area contributed by atoms with Gasteiger partial charge in [-0.05, 0) is 50.1 Å². The molecule has 1 aromatic heterocycles. The molecule has 0 aliphatic rings. The van der Waals surface area contributed by atoms with Crippen LogP contribution < -0.4 is 4.90 Å². The van der Waals surface area contributed by atoms with Crippen LogP contribution in [-0.2, 0) is 19.6 Å². The number of hydrogen-bond donors (Lipinski definition) is 1. The number of ether oxygens (including phenoxy) is 2. The largest absolute Gasteiger partial charge is 0.377 e. The molecule has 0 unspecified atom stereocenters. The van der Waals surface area contributed by atoms with Crippen molar-refractivity contribution in [3.8, 4) is 6.07 Å². The Morgan fingerprint density at radius 2 is 1.85 bits per heavy atom. The third kappa shape index (κ3) is 10.9. The van der Waals surface area contributed by atoms with Crippen molar-refractivity contribution < 1.29 is 26.9 Å². The summed E-state index contributed by atoms with van der Waals surface area (Å²) >= 11 is 1.17. The van der Waals surface area contributed by atoms with Gasteiger partial charge in [-0.1, -0.05) is 0 Å². The number of azo groups is 1. The van der Waals surface area contributed by atoms with Crippen LogP contribution in [0.15, 0.2) is 28.4 Å². The second-order valence-corrected chi connectivity index (χ2v) is 12.5. The first-order valence-corrected chi connectivity index (χ1v) is 15.4. The summed E-state index contributed by atoms with van der Waals surface area (Å²) in [4.78, 5) is 5.66. The molecule has 0 bridgehead atoms. The van der Waals surface area contributed by atoms with Gasteiger partial charge in [0.15, 0.2) is 0 Å². The van der Waals surface area contributed by atoms with Crippen molar-refractivity contribution in [3.05, 3.63) is 46.3 Å². The van der Waals surface area contributed by atoms with Crippen molar-refractivity contribution in [2.45, 2.75) is 27.2 Å². The maximum Gasteiger partial charge on any atom is 0.265 e. The number of benzene rings is 1. The predicted octanol–water partition coefficient (Wildman–Crippen LogP) is 5.42.